The monoisotopic (exact) mass is 475 g/mol. The molecule has 0 spiro atoms. The Balaban J connectivity index is 2.02. The summed E-state index contributed by atoms with van der Waals surface area (Å²) in [6.07, 6.45) is 3.27. The number of nitrogens with zero attached hydrogens (tertiary/aromatic N) is 2. The van der Waals surface area contributed by atoms with E-state index >= 15 is 0 Å². The molecule has 0 atom stereocenters. The summed E-state index contributed by atoms with van der Waals surface area (Å²) >= 11 is 0. The summed E-state index contributed by atoms with van der Waals surface area (Å²) in [4.78, 5) is 15.5. The normalized spacial score (nSPS) is 14.3. The lowest BCUT2D eigenvalue weighted by molar-refractivity contribution is 0.102. The summed E-state index contributed by atoms with van der Waals surface area (Å²) in [7, 11) is -0.629. The van der Waals surface area contributed by atoms with Gasteiger partial charge in [0.05, 0.1) is 30.5 Å². The molecule has 1 heterocycles. The Bertz CT molecular complexity index is 1060. The SMILES string of the molecule is CCN(CC)S(=O)(=O)c1ccc(N2CCCCC2)c(NC(=O)c2cc(OC)cc(OC)c2)c1. The molecule has 1 amide bonds. The molecule has 2 aromatic rings. The first-order chi connectivity index (χ1) is 15.8. The number of ether oxygens (including phenoxy) is 2. The first-order valence-corrected chi connectivity index (χ1v) is 12.7. The van der Waals surface area contributed by atoms with Crippen LogP contribution in [0.1, 0.15) is 43.5 Å². The van der Waals surface area contributed by atoms with E-state index in [1.807, 2.05) is 13.8 Å². The number of rotatable bonds is 9. The standard InChI is InChI=1S/C24H33N3O5S/c1-5-27(6-2)33(29,30)21-10-11-23(26-12-8-7-9-13-26)22(17-21)25-24(28)18-14-19(31-3)16-20(15-18)32-4/h10-11,14-17H,5-9,12-13H2,1-4H3,(H,25,28). The molecule has 1 fully saturated rings. The van der Waals surface area contributed by atoms with E-state index in [0.717, 1.165) is 38.0 Å². The highest BCUT2D eigenvalue weighted by Crippen LogP contribution is 2.33. The maximum atomic E-state index is 13.2. The van der Waals surface area contributed by atoms with Gasteiger partial charge in [-0.1, -0.05) is 13.8 Å². The van der Waals surface area contributed by atoms with Gasteiger partial charge in [-0.3, -0.25) is 4.79 Å². The smallest absolute Gasteiger partial charge is 0.255 e. The van der Waals surface area contributed by atoms with Crippen molar-refractivity contribution in [3.8, 4) is 11.5 Å². The van der Waals surface area contributed by atoms with Crippen LogP contribution in [0.4, 0.5) is 11.4 Å². The summed E-state index contributed by atoms with van der Waals surface area (Å²) < 4.78 is 38.2. The fourth-order valence-corrected chi connectivity index (χ4v) is 5.52. The van der Waals surface area contributed by atoms with Crippen molar-refractivity contribution in [2.24, 2.45) is 0 Å². The van der Waals surface area contributed by atoms with Crippen LogP contribution in [0.3, 0.4) is 0 Å². The number of sulfonamides is 1. The van der Waals surface area contributed by atoms with E-state index in [2.05, 4.69) is 10.2 Å². The highest BCUT2D eigenvalue weighted by Gasteiger charge is 2.25. The van der Waals surface area contributed by atoms with Crippen LogP contribution in [0.15, 0.2) is 41.3 Å². The number of amides is 1. The van der Waals surface area contributed by atoms with Crippen molar-refractivity contribution in [2.45, 2.75) is 38.0 Å². The van der Waals surface area contributed by atoms with Crippen molar-refractivity contribution in [1.29, 1.82) is 0 Å². The van der Waals surface area contributed by atoms with Crippen molar-refractivity contribution in [3.63, 3.8) is 0 Å². The molecular weight excluding hydrogens is 442 g/mol. The zero-order valence-electron chi connectivity index (χ0n) is 19.8. The van der Waals surface area contributed by atoms with Gasteiger partial charge in [0.15, 0.2) is 0 Å². The molecule has 1 N–H and O–H groups in total. The van der Waals surface area contributed by atoms with Gasteiger partial charge < -0.3 is 19.7 Å². The number of carbonyl (C=O) groups excluding carboxylic acids is 1. The van der Waals surface area contributed by atoms with Gasteiger partial charge in [-0.05, 0) is 49.6 Å². The van der Waals surface area contributed by atoms with Gasteiger partial charge >= 0.3 is 0 Å². The van der Waals surface area contributed by atoms with Crippen molar-refractivity contribution in [2.75, 3.05) is 50.6 Å². The van der Waals surface area contributed by atoms with Crippen LogP contribution in [-0.4, -0.2) is 59.0 Å². The number of hydrogen-bond donors (Lipinski definition) is 1. The number of methoxy groups -OCH3 is 2. The molecule has 1 saturated heterocycles. The third-order valence-electron chi connectivity index (χ3n) is 5.87. The molecule has 0 aliphatic carbocycles. The van der Waals surface area contributed by atoms with E-state index in [4.69, 9.17) is 9.47 Å². The zero-order chi connectivity index (χ0) is 24.0. The summed E-state index contributed by atoms with van der Waals surface area (Å²) in [6, 6.07) is 9.91. The van der Waals surface area contributed by atoms with E-state index in [-0.39, 0.29) is 10.8 Å². The Morgan fingerprint density at radius 1 is 0.970 bits per heavy atom. The largest absolute Gasteiger partial charge is 0.497 e. The summed E-state index contributed by atoms with van der Waals surface area (Å²) in [5.74, 6) is 0.616. The van der Waals surface area contributed by atoms with Gasteiger partial charge in [-0.2, -0.15) is 4.31 Å². The number of benzene rings is 2. The third-order valence-corrected chi connectivity index (χ3v) is 7.92. The lowest BCUT2D eigenvalue weighted by Crippen LogP contribution is -2.32. The molecule has 0 saturated carbocycles. The Hall–Kier alpha value is -2.78. The molecule has 8 nitrogen and oxygen atoms in total. The quantitative estimate of drug-likeness (QED) is 0.590. The van der Waals surface area contributed by atoms with Gasteiger partial charge in [0.1, 0.15) is 11.5 Å². The van der Waals surface area contributed by atoms with Crippen LogP contribution >= 0.6 is 0 Å². The molecule has 9 heteroatoms. The number of carbonyl (C=O) groups is 1. The van der Waals surface area contributed by atoms with Crippen LogP contribution in [0, 0.1) is 0 Å². The number of hydrogen-bond acceptors (Lipinski definition) is 6. The predicted octanol–water partition coefficient (Wildman–Crippen LogP) is 3.98. The first-order valence-electron chi connectivity index (χ1n) is 11.3. The lowest BCUT2D eigenvalue weighted by atomic mass is 10.1. The minimum atomic E-state index is -3.67. The Kier molecular flexibility index (Phi) is 8.20. The van der Waals surface area contributed by atoms with Crippen molar-refractivity contribution in [1.82, 2.24) is 4.31 Å². The maximum absolute atomic E-state index is 13.2. The van der Waals surface area contributed by atoms with E-state index in [1.165, 1.54) is 18.5 Å². The third kappa shape index (κ3) is 5.59. The molecule has 3 rings (SSSR count). The van der Waals surface area contributed by atoms with Gasteiger partial charge in [0, 0.05) is 37.8 Å². The summed E-state index contributed by atoms with van der Waals surface area (Å²) in [5, 5.41) is 2.94. The van der Waals surface area contributed by atoms with Gasteiger partial charge in [-0.25, -0.2) is 8.42 Å². The second kappa shape index (κ2) is 10.9. The molecular formula is C24H33N3O5S. The second-order valence-corrected chi connectivity index (χ2v) is 9.81. The van der Waals surface area contributed by atoms with Gasteiger partial charge in [-0.15, -0.1) is 0 Å². The highest BCUT2D eigenvalue weighted by molar-refractivity contribution is 7.89. The fraction of sp³-hybridized carbons (Fsp3) is 0.458. The van der Waals surface area contributed by atoms with Crippen molar-refractivity contribution in [3.05, 3.63) is 42.0 Å². The van der Waals surface area contributed by atoms with E-state index < -0.39 is 10.0 Å². The minimum absolute atomic E-state index is 0.158. The fourth-order valence-electron chi connectivity index (χ4n) is 4.03. The van der Waals surface area contributed by atoms with E-state index in [1.54, 1.807) is 36.4 Å². The predicted molar refractivity (Wildman–Crippen MR) is 130 cm³/mol. The molecule has 180 valence electrons. The average Bonchev–Trinajstić information content (AvgIpc) is 2.84. The molecule has 0 unspecified atom stereocenters. The van der Waals surface area contributed by atoms with Gasteiger partial charge in [0.2, 0.25) is 10.0 Å². The Labute approximate surface area is 196 Å². The number of nitrogens with one attached hydrogen (secondary N) is 1. The first kappa shape index (κ1) is 24.9. The maximum Gasteiger partial charge on any atom is 0.255 e. The second-order valence-electron chi connectivity index (χ2n) is 7.87. The molecule has 1 aliphatic heterocycles. The molecule has 33 heavy (non-hydrogen) atoms. The topological polar surface area (TPSA) is 88.2 Å². The summed E-state index contributed by atoms with van der Waals surface area (Å²) in [5.41, 5.74) is 1.64. The van der Waals surface area contributed by atoms with Crippen LogP contribution in [0.25, 0.3) is 0 Å². The zero-order valence-corrected chi connectivity index (χ0v) is 20.6. The molecule has 1 aliphatic rings. The van der Waals surface area contributed by atoms with Crippen LogP contribution < -0.4 is 19.7 Å². The van der Waals surface area contributed by atoms with Crippen LogP contribution in [0.2, 0.25) is 0 Å². The number of piperidine rings is 1. The Morgan fingerprint density at radius 2 is 1.58 bits per heavy atom. The molecule has 0 aromatic heterocycles. The lowest BCUT2D eigenvalue weighted by Gasteiger charge is -2.31. The van der Waals surface area contributed by atoms with Crippen LogP contribution in [0.5, 0.6) is 11.5 Å². The minimum Gasteiger partial charge on any atom is -0.497 e. The molecule has 2 aromatic carbocycles. The van der Waals surface area contributed by atoms with E-state index in [0.29, 0.717) is 35.8 Å². The van der Waals surface area contributed by atoms with E-state index in [9.17, 15) is 13.2 Å². The number of anilines is 2. The Morgan fingerprint density at radius 3 is 2.12 bits per heavy atom. The average molecular weight is 476 g/mol. The van der Waals surface area contributed by atoms with Crippen molar-refractivity contribution >= 4 is 27.3 Å². The summed E-state index contributed by atoms with van der Waals surface area (Å²) in [6.45, 7) is 6.08. The molecule has 0 bridgehead atoms. The van der Waals surface area contributed by atoms with Gasteiger partial charge in [0.25, 0.3) is 5.91 Å². The highest BCUT2D eigenvalue weighted by atomic mass is 32.2. The van der Waals surface area contributed by atoms with Crippen molar-refractivity contribution < 1.29 is 22.7 Å². The molecule has 0 radical (unpaired) electrons. The van der Waals surface area contributed by atoms with Crippen LogP contribution in [-0.2, 0) is 10.0 Å².